The molecule has 1 aliphatic rings. The molecular formula is C20H22N2O. The third kappa shape index (κ3) is 4.96. The van der Waals surface area contributed by atoms with Crippen LogP contribution in [-0.4, -0.2) is 24.4 Å². The zero-order valence-corrected chi connectivity index (χ0v) is 13.7. The van der Waals surface area contributed by atoms with Gasteiger partial charge in [0, 0.05) is 19.5 Å². The summed E-state index contributed by atoms with van der Waals surface area (Å²) in [6, 6.07) is 19.9. The number of carbonyl (C=O) groups excluding carboxylic acids is 1. The van der Waals surface area contributed by atoms with Gasteiger partial charge in [0.25, 0.3) is 0 Å². The number of amides is 1. The Labute approximate surface area is 138 Å². The summed E-state index contributed by atoms with van der Waals surface area (Å²) in [5.74, 6) is 0.321. The Balaban J connectivity index is 0.000000229. The number of aryl methyl sites for hydroxylation is 1. The highest BCUT2D eigenvalue weighted by Crippen LogP contribution is 2.21. The van der Waals surface area contributed by atoms with Gasteiger partial charge in [-0.05, 0) is 37.5 Å². The van der Waals surface area contributed by atoms with Gasteiger partial charge in [0.15, 0.2) is 0 Å². The van der Waals surface area contributed by atoms with Crippen molar-refractivity contribution in [2.45, 2.75) is 19.8 Å². The second kappa shape index (κ2) is 8.14. The molecule has 1 unspecified atom stereocenters. The summed E-state index contributed by atoms with van der Waals surface area (Å²) >= 11 is 0. The molecule has 3 nitrogen and oxygen atoms in total. The molecule has 0 aromatic heterocycles. The molecule has 23 heavy (non-hydrogen) atoms. The largest absolute Gasteiger partial charge is 0.345 e. The minimum atomic E-state index is 0.0962. The van der Waals surface area contributed by atoms with Crippen LogP contribution in [-0.2, 0) is 11.2 Å². The number of benzene rings is 2. The van der Waals surface area contributed by atoms with Gasteiger partial charge in [-0.1, -0.05) is 48.0 Å². The first-order chi connectivity index (χ1) is 11.1. The van der Waals surface area contributed by atoms with E-state index < -0.39 is 0 Å². The third-order valence-corrected chi connectivity index (χ3v) is 4.02. The maximum atomic E-state index is 11.7. The van der Waals surface area contributed by atoms with Crippen molar-refractivity contribution in [2.24, 2.45) is 5.92 Å². The number of carbonyl (C=O) groups is 1. The number of hydrogen-bond donors (Lipinski definition) is 0. The monoisotopic (exact) mass is 306 g/mol. The van der Waals surface area contributed by atoms with Crippen molar-refractivity contribution in [2.75, 3.05) is 13.6 Å². The lowest BCUT2D eigenvalue weighted by Crippen LogP contribution is -2.23. The minimum Gasteiger partial charge on any atom is -0.345 e. The van der Waals surface area contributed by atoms with E-state index in [0.29, 0.717) is 5.56 Å². The molecule has 1 heterocycles. The second-order valence-electron chi connectivity index (χ2n) is 5.92. The van der Waals surface area contributed by atoms with Crippen LogP contribution < -0.4 is 0 Å². The van der Waals surface area contributed by atoms with Gasteiger partial charge in [-0.15, -0.1) is 0 Å². The fourth-order valence-corrected chi connectivity index (χ4v) is 2.67. The first-order valence-corrected chi connectivity index (χ1v) is 7.86. The summed E-state index contributed by atoms with van der Waals surface area (Å²) in [5.41, 5.74) is 3.06. The highest BCUT2D eigenvalue weighted by Gasteiger charge is 2.28. The summed E-state index contributed by atoms with van der Waals surface area (Å²) in [7, 11) is 1.84. The summed E-state index contributed by atoms with van der Waals surface area (Å²) in [5, 5.41) is 8.79. The lowest BCUT2D eigenvalue weighted by molar-refractivity contribution is -0.129. The number of nitrogens with zero attached hydrogens (tertiary/aromatic N) is 2. The molecule has 1 amide bonds. The van der Waals surface area contributed by atoms with Gasteiger partial charge in [-0.3, -0.25) is 4.79 Å². The van der Waals surface area contributed by atoms with Gasteiger partial charge < -0.3 is 4.90 Å². The highest BCUT2D eigenvalue weighted by molar-refractivity contribution is 5.80. The quantitative estimate of drug-likeness (QED) is 0.851. The van der Waals surface area contributed by atoms with Crippen LogP contribution in [0.25, 0.3) is 0 Å². The average molecular weight is 306 g/mol. The number of rotatable bonds is 2. The molecule has 2 aromatic rings. The van der Waals surface area contributed by atoms with Crippen LogP contribution in [0.15, 0.2) is 54.6 Å². The first-order valence-electron chi connectivity index (χ1n) is 7.86. The molecule has 0 bridgehead atoms. The smallest absolute Gasteiger partial charge is 0.225 e. The van der Waals surface area contributed by atoms with Gasteiger partial charge in [-0.25, -0.2) is 0 Å². The molecule has 0 saturated carbocycles. The summed E-state index contributed by atoms with van der Waals surface area (Å²) < 4.78 is 0. The van der Waals surface area contributed by atoms with E-state index in [4.69, 9.17) is 5.26 Å². The fraction of sp³-hybridized carbons (Fsp3) is 0.300. The van der Waals surface area contributed by atoms with Crippen LogP contribution in [0.2, 0.25) is 0 Å². The Morgan fingerprint density at radius 3 is 2.43 bits per heavy atom. The topological polar surface area (TPSA) is 44.1 Å². The number of likely N-dealkylation sites (tertiary alicyclic amines) is 1. The van der Waals surface area contributed by atoms with Crippen molar-refractivity contribution < 1.29 is 4.79 Å². The highest BCUT2D eigenvalue weighted by atomic mass is 16.2. The van der Waals surface area contributed by atoms with Gasteiger partial charge in [-0.2, -0.15) is 5.26 Å². The fourth-order valence-electron chi connectivity index (χ4n) is 2.67. The van der Waals surface area contributed by atoms with Gasteiger partial charge >= 0.3 is 0 Å². The molecular weight excluding hydrogens is 284 g/mol. The van der Waals surface area contributed by atoms with Crippen LogP contribution in [0.1, 0.15) is 23.1 Å². The average Bonchev–Trinajstić information content (AvgIpc) is 2.88. The minimum absolute atomic E-state index is 0.0962. The molecule has 1 fully saturated rings. The van der Waals surface area contributed by atoms with Crippen molar-refractivity contribution in [3.8, 4) is 6.07 Å². The summed E-state index contributed by atoms with van der Waals surface area (Å²) in [4.78, 5) is 13.5. The standard InChI is InChI=1S/C13H14N2O.C7H8/c1-15-6-5-12(13(15)16)8-10-3-2-4-11(7-10)9-14;1-7-5-3-2-4-6-7/h2-4,7,12H,5-6,8H2,1H3;2-6H,1H3. The predicted octanol–water partition coefficient (Wildman–Crippen LogP) is 3.57. The summed E-state index contributed by atoms with van der Waals surface area (Å²) in [6.45, 7) is 2.93. The second-order valence-corrected chi connectivity index (χ2v) is 5.92. The van der Waals surface area contributed by atoms with E-state index in [9.17, 15) is 4.79 Å². The van der Waals surface area contributed by atoms with Crippen LogP contribution >= 0.6 is 0 Å². The van der Waals surface area contributed by atoms with Crippen molar-refractivity contribution in [1.82, 2.24) is 4.90 Å². The Bertz CT molecular complexity index is 688. The molecule has 118 valence electrons. The van der Waals surface area contributed by atoms with Crippen molar-refractivity contribution in [3.63, 3.8) is 0 Å². The lowest BCUT2D eigenvalue weighted by Gasteiger charge is -2.10. The van der Waals surface area contributed by atoms with E-state index in [1.165, 1.54) is 5.56 Å². The molecule has 1 atom stereocenters. The molecule has 3 rings (SSSR count). The SMILES string of the molecule is CN1CCC(Cc2cccc(C#N)c2)C1=O.Cc1ccccc1. The van der Waals surface area contributed by atoms with Crippen molar-refractivity contribution >= 4 is 5.91 Å². The molecule has 0 radical (unpaired) electrons. The molecule has 1 aliphatic heterocycles. The Hall–Kier alpha value is -2.60. The Morgan fingerprint density at radius 1 is 1.17 bits per heavy atom. The normalized spacial score (nSPS) is 16.5. The summed E-state index contributed by atoms with van der Waals surface area (Å²) in [6.07, 6.45) is 1.67. The first kappa shape index (κ1) is 16.8. The molecule has 0 spiro atoms. The molecule has 1 saturated heterocycles. The van der Waals surface area contributed by atoms with Crippen LogP contribution in [0.5, 0.6) is 0 Å². The zero-order valence-electron chi connectivity index (χ0n) is 13.7. The van der Waals surface area contributed by atoms with E-state index in [1.54, 1.807) is 11.0 Å². The van der Waals surface area contributed by atoms with Crippen LogP contribution in [0.3, 0.4) is 0 Å². The maximum Gasteiger partial charge on any atom is 0.225 e. The molecule has 0 aliphatic carbocycles. The zero-order chi connectivity index (χ0) is 16.7. The molecule has 3 heteroatoms. The van der Waals surface area contributed by atoms with E-state index in [2.05, 4.69) is 25.1 Å². The van der Waals surface area contributed by atoms with E-state index in [0.717, 1.165) is 24.9 Å². The van der Waals surface area contributed by atoms with Crippen molar-refractivity contribution in [3.05, 3.63) is 71.3 Å². The van der Waals surface area contributed by atoms with Crippen LogP contribution in [0.4, 0.5) is 0 Å². The maximum absolute atomic E-state index is 11.7. The van der Waals surface area contributed by atoms with Gasteiger partial charge in [0.05, 0.1) is 11.6 Å². The lowest BCUT2D eigenvalue weighted by atomic mass is 9.97. The predicted molar refractivity (Wildman–Crippen MR) is 91.8 cm³/mol. The van der Waals surface area contributed by atoms with E-state index in [1.807, 2.05) is 43.4 Å². The van der Waals surface area contributed by atoms with E-state index >= 15 is 0 Å². The Kier molecular flexibility index (Phi) is 5.94. The third-order valence-electron chi connectivity index (χ3n) is 4.02. The molecule has 0 N–H and O–H groups in total. The van der Waals surface area contributed by atoms with Crippen LogP contribution in [0, 0.1) is 24.2 Å². The van der Waals surface area contributed by atoms with Crippen molar-refractivity contribution in [1.29, 1.82) is 5.26 Å². The van der Waals surface area contributed by atoms with Gasteiger partial charge in [0.2, 0.25) is 5.91 Å². The van der Waals surface area contributed by atoms with E-state index in [-0.39, 0.29) is 11.8 Å². The molecule has 2 aromatic carbocycles. The van der Waals surface area contributed by atoms with Gasteiger partial charge in [0.1, 0.15) is 0 Å². The number of hydrogen-bond acceptors (Lipinski definition) is 2. The Morgan fingerprint density at radius 2 is 1.91 bits per heavy atom. The number of nitriles is 1.